The number of methoxy groups -OCH3 is 1. The van der Waals surface area contributed by atoms with Crippen LogP contribution in [0.5, 0.6) is 0 Å². The molecular weight excluding hydrogens is 254 g/mol. The number of carbonyl (C=O) groups is 1. The third-order valence-corrected chi connectivity index (χ3v) is 5.23. The third-order valence-electron chi connectivity index (χ3n) is 5.23. The van der Waals surface area contributed by atoms with E-state index in [1.807, 2.05) is 7.11 Å². The fourth-order valence-electron chi connectivity index (χ4n) is 4.02. The second-order valence-electron chi connectivity index (χ2n) is 6.60. The molecule has 1 aliphatic carbocycles. The van der Waals surface area contributed by atoms with Crippen molar-refractivity contribution in [3.8, 4) is 0 Å². The van der Waals surface area contributed by atoms with E-state index in [9.17, 15) is 4.79 Å². The first kappa shape index (κ1) is 15.8. The average molecular weight is 283 g/mol. The molecule has 4 unspecified atom stereocenters. The zero-order chi connectivity index (χ0) is 14.5. The third kappa shape index (κ3) is 3.95. The Morgan fingerprint density at radius 3 is 2.75 bits per heavy atom. The number of hydrogen-bond acceptors (Lipinski definition) is 3. The monoisotopic (exact) mass is 283 g/mol. The molecule has 1 N–H and O–H groups in total. The molecule has 0 aromatic heterocycles. The zero-order valence-corrected chi connectivity index (χ0v) is 12.9. The van der Waals surface area contributed by atoms with E-state index in [1.54, 1.807) is 0 Å². The maximum atomic E-state index is 10.9. The van der Waals surface area contributed by atoms with Gasteiger partial charge in [0, 0.05) is 26.1 Å². The number of likely N-dealkylation sites (tertiary alicyclic amines) is 1. The number of carboxylic acids is 1. The van der Waals surface area contributed by atoms with E-state index in [-0.39, 0.29) is 5.92 Å². The van der Waals surface area contributed by atoms with Crippen molar-refractivity contribution in [3.05, 3.63) is 0 Å². The molecule has 116 valence electrons. The highest BCUT2D eigenvalue weighted by Gasteiger charge is 2.34. The molecule has 0 bridgehead atoms. The Bertz CT molecular complexity index is 321. The molecule has 2 rings (SSSR count). The van der Waals surface area contributed by atoms with Gasteiger partial charge in [0.15, 0.2) is 0 Å². The maximum Gasteiger partial charge on any atom is 0.303 e. The number of hydrogen-bond donors (Lipinski definition) is 1. The first-order valence-corrected chi connectivity index (χ1v) is 8.10. The summed E-state index contributed by atoms with van der Waals surface area (Å²) in [4.78, 5) is 13.5. The lowest BCUT2D eigenvalue weighted by Gasteiger charge is -2.44. The van der Waals surface area contributed by atoms with Crippen molar-refractivity contribution >= 4 is 5.97 Å². The van der Waals surface area contributed by atoms with Gasteiger partial charge in [-0.05, 0) is 44.1 Å². The van der Waals surface area contributed by atoms with Crippen LogP contribution in [0.1, 0.15) is 51.9 Å². The highest BCUT2D eigenvalue weighted by atomic mass is 16.5. The van der Waals surface area contributed by atoms with E-state index in [0.717, 1.165) is 13.1 Å². The average Bonchev–Trinajstić information content (AvgIpc) is 2.46. The lowest BCUT2D eigenvalue weighted by Crippen LogP contribution is -2.51. The molecular formula is C16H29NO3. The van der Waals surface area contributed by atoms with E-state index in [1.165, 1.54) is 38.5 Å². The Labute approximate surface area is 122 Å². The lowest BCUT2D eigenvalue weighted by atomic mass is 9.82. The summed E-state index contributed by atoms with van der Waals surface area (Å²) in [6.07, 6.45) is 8.04. The van der Waals surface area contributed by atoms with Crippen LogP contribution in [0.4, 0.5) is 0 Å². The lowest BCUT2D eigenvalue weighted by molar-refractivity contribution is -0.138. The highest BCUT2D eigenvalue weighted by Crippen LogP contribution is 2.32. The van der Waals surface area contributed by atoms with E-state index in [0.29, 0.717) is 24.5 Å². The van der Waals surface area contributed by atoms with Crippen molar-refractivity contribution in [1.29, 1.82) is 0 Å². The molecule has 20 heavy (non-hydrogen) atoms. The number of rotatable bonds is 5. The van der Waals surface area contributed by atoms with E-state index >= 15 is 0 Å². The maximum absolute atomic E-state index is 10.9. The number of aliphatic carboxylic acids is 1. The van der Waals surface area contributed by atoms with Crippen molar-refractivity contribution < 1.29 is 14.6 Å². The van der Waals surface area contributed by atoms with E-state index < -0.39 is 5.97 Å². The predicted octanol–water partition coefficient (Wildman–Crippen LogP) is 2.77. The summed E-state index contributed by atoms with van der Waals surface area (Å²) in [5, 5.41) is 8.98. The van der Waals surface area contributed by atoms with Crippen LogP contribution in [-0.2, 0) is 9.53 Å². The minimum atomic E-state index is -0.665. The molecule has 2 aliphatic rings. The van der Waals surface area contributed by atoms with Gasteiger partial charge in [0.1, 0.15) is 0 Å². The fraction of sp³-hybridized carbons (Fsp3) is 0.938. The first-order chi connectivity index (χ1) is 9.61. The fourth-order valence-corrected chi connectivity index (χ4v) is 4.02. The summed E-state index contributed by atoms with van der Waals surface area (Å²) in [5.74, 6) is 0.140. The highest BCUT2D eigenvalue weighted by molar-refractivity contribution is 5.67. The summed E-state index contributed by atoms with van der Waals surface area (Å²) in [7, 11) is 1.83. The van der Waals surface area contributed by atoms with Gasteiger partial charge in [-0.1, -0.05) is 19.8 Å². The Hall–Kier alpha value is -0.610. The minimum Gasteiger partial charge on any atom is -0.481 e. The summed E-state index contributed by atoms with van der Waals surface area (Å²) < 4.78 is 5.68. The van der Waals surface area contributed by atoms with Crippen molar-refractivity contribution in [3.63, 3.8) is 0 Å². The zero-order valence-electron chi connectivity index (χ0n) is 12.9. The molecule has 1 saturated heterocycles. The minimum absolute atomic E-state index is 0.278. The van der Waals surface area contributed by atoms with Gasteiger partial charge in [-0.3, -0.25) is 9.69 Å². The van der Waals surface area contributed by atoms with Crippen molar-refractivity contribution in [2.24, 2.45) is 11.8 Å². The molecule has 4 atom stereocenters. The van der Waals surface area contributed by atoms with Crippen molar-refractivity contribution in [2.45, 2.75) is 64.0 Å². The second kappa shape index (κ2) is 7.41. The normalized spacial score (nSPS) is 33.8. The van der Waals surface area contributed by atoms with Gasteiger partial charge in [0.05, 0.1) is 6.10 Å². The van der Waals surface area contributed by atoms with Crippen LogP contribution < -0.4 is 0 Å². The van der Waals surface area contributed by atoms with Gasteiger partial charge in [0.2, 0.25) is 0 Å². The number of nitrogens with zero attached hydrogens (tertiary/aromatic N) is 1. The molecule has 0 aromatic rings. The van der Waals surface area contributed by atoms with Gasteiger partial charge in [-0.15, -0.1) is 0 Å². The smallest absolute Gasteiger partial charge is 0.303 e. The molecule has 4 nitrogen and oxygen atoms in total. The molecule has 0 radical (unpaired) electrons. The molecule has 1 heterocycles. The molecule has 1 aliphatic heterocycles. The number of carboxylic acid groups (broad SMARTS) is 1. The summed E-state index contributed by atoms with van der Waals surface area (Å²) in [6.45, 7) is 4.30. The van der Waals surface area contributed by atoms with Crippen molar-refractivity contribution in [1.82, 2.24) is 4.90 Å². The van der Waals surface area contributed by atoms with Crippen LogP contribution in [0.2, 0.25) is 0 Å². The largest absolute Gasteiger partial charge is 0.481 e. The molecule has 0 amide bonds. The summed E-state index contributed by atoms with van der Waals surface area (Å²) >= 11 is 0. The topological polar surface area (TPSA) is 49.8 Å². The van der Waals surface area contributed by atoms with E-state index in [4.69, 9.17) is 9.84 Å². The molecule has 4 heteroatoms. The Kier molecular flexibility index (Phi) is 5.85. The Morgan fingerprint density at radius 2 is 2.05 bits per heavy atom. The molecule has 1 saturated carbocycles. The number of piperidine rings is 1. The second-order valence-corrected chi connectivity index (χ2v) is 6.60. The van der Waals surface area contributed by atoms with Gasteiger partial charge >= 0.3 is 5.97 Å². The van der Waals surface area contributed by atoms with Crippen LogP contribution in [0.3, 0.4) is 0 Å². The van der Waals surface area contributed by atoms with Crippen LogP contribution in [0, 0.1) is 11.8 Å². The SMILES string of the molecule is COC1CCCCC1N1CCCC(C(C)CC(=O)O)C1. The van der Waals surface area contributed by atoms with Crippen LogP contribution in [0.25, 0.3) is 0 Å². The van der Waals surface area contributed by atoms with Gasteiger partial charge in [0.25, 0.3) is 0 Å². The van der Waals surface area contributed by atoms with Gasteiger partial charge < -0.3 is 9.84 Å². The Balaban J connectivity index is 1.93. The standard InChI is InChI=1S/C16H29NO3/c1-12(10-16(18)19)13-6-5-9-17(11-13)14-7-3-4-8-15(14)20-2/h12-15H,3-11H2,1-2H3,(H,18,19). The quantitative estimate of drug-likeness (QED) is 0.843. The van der Waals surface area contributed by atoms with Gasteiger partial charge in [-0.2, -0.15) is 0 Å². The van der Waals surface area contributed by atoms with Crippen molar-refractivity contribution in [2.75, 3.05) is 20.2 Å². The first-order valence-electron chi connectivity index (χ1n) is 8.10. The summed E-state index contributed by atoms with van der Waals surface area (Å²) in [5.41, 5.74) is 0. The summed E-state index contributed by atoms with van der Waals surface area (Å²) in [6, 6.07) is 0.550. The van der Waals surface area contributed by atoms with Crippen LogP contribution in [0.15, 0.2) is 0 Å². The van der Waals surface area contributed by atoms with Gasteiger partial charge in [-0.25, -0.2) is 0 Å². The number of ether oxygens (including phenoxy) is 1. The van der Waals surface area contributed by atoms with E-state index in [2.05, 4.69) is 11.8 Å². The Morgan fingerprint density at radius 1 is 1.30 bits per heavy atom. The van der Waals surface area contributed by atoms with Crippen LogP contribution in [-0.4, -0.2) is 48.3 Å². The molecule has 2 fully saturated rings. The van der Waals surface area contributed by atoms with Crippen LogP contribution >= 0.6 is 0 Å². The molecule has 0 spiro atoms. The predicted molar refractivity (Wildman–Crippen MR) is 78.8 cm³/mol. The molecule has 0 aromatic carbocycles.